The number of piperidine rings is 1. The highest BCUT2D eigenvalue weighted by Gasteiger charge is 2.31. The largest absolute Gasteiger partial charge is 0.454 e. The first-order chi connectivity index (χ1) is 18.1. The van der Waals surface area contributed by atoms with Crippen molar-refractivity contribution in [2.75, 3.05) is 19.9 Å². The predicted molar refractivity (Wildman–Crippen MR) is 139 cm³/mol. The second-order valence-corrected chi connectivity index (χ2v) is 13.5. The topological polar surface area (TPSA) is 93.2 Å². The molecule has 1 fully saturated rings. The summed E-state index contributed by atoms with van der Waals surface area (Å²) >= 11 is 0. The molecule has 0 saturated carbocycles. The van der Waals surface area contributed by atoms with E-state index >= 15 is 0 Å². The molecule has 2 aliphatic rings. The predicted octanol–water partition coefficient (Wildman–Crippen LogP) is 4.37. The summed E-state index contributed by atoms with van der Waals surface area (Å²) in [6.07, 6.45) is 1.77. The Balaban J connectivity index is 1.45. The van der Waals surface area contributed by atoms with E-state index in [1.807, 2.05) is 6.92 Å². The first-order valence-corrected chi connectivity index (χ1v) is 15.2. The van der Waals surface area contributed by atoms with E-state index in [1.54, 1.807) is 24.3 Å². The van der Waals surface area contributed by atoms with Crippen LogP contribution in [0.3, 0.4) is 0 Å². The molecule has 11 heteroatoms. The summed E-state index contributed by atoms with van der Waals surface area (Å²) in [5, 5.41) is 0. The van der Waals surface area contributed by atoms with Crippen molar-refractivity contribution in [2.24, 2.45) is 5.92 Å². The monoisotopic (exact) mass is 560 g/mol. The van der Waals surface area contributed by atoms with Crippen LogP contribution >= 0.6 is 0 Å². The van der Waals surface area contributed by atoms with Crippen molar-refractivity contribution in [1.29, 1.82) is 0 Å². The number of halogens is 1. The van der Waals surface area contributed by atoms with Gasteiger partial charge in [0.25, 0.3) is 0 Å². The van der Waals surface area contributed by atoms with Gasteiger partial charge < -0.3 is 9.47 Å². The fraction of sp³-hybridized carbons (Fsp3) is 0.333. The van der Waals surface area contributed by atoms with Crippen LogP contribution in [0, 0.1) is 11.7 Å². The van der Waals surface area contributed by atoms with E-state index in [4.69, 9.17) is 9.47 Å². The van der Waals surface area contributed by atoms with Gasteiger partial charge in [-0.3, -0.25) is 0 Å². The van der Waals surface area contributed by atoms with Crippen molar-refractivity contribution in [1.82, 2.24) is 8.61 Å². The van der Waals surface area contributed by atoms with Gasteiger partial charge in [0, 0.05) is 31.7 Å². The number of ether oxygens (including phenoxy) is 2. The van der Waals surface area contributed by atoms with Gasteiger partial charge in [0.05, 0.1) is 9.79 Å². The maximum Gasteiger partial charge on any atom is 0.243 e. The molecule has 0 N–H and O–H groups in total. The Labute approximate surface area is 222 Å². The van der Waals surface area contributed by atoms with Crippen LogP contribution in [0.2, 0.25) is 0 Å². The van der Waals surface area contributed by atoms with Crippen LogP contribution in [0.15, 0.2) is 76.5 Å². The number of benzene rings is 3. The van der Waals surface area contributed by atoms with Crippen LogP contribution < -0.4 is 9.47 Å². The number of hydrogen-bond donors (Lipinski definition) is 0. The molecule has 3 aromatic carbocycles. The number of rotatable bonds is 8. The smallest absolute Gasteiger partial charge is 0.243 e. The standard InChI is InChI=1S/C27H29FN2O6S2/c1-20-5-4-14-29(16-20)37(31,32)23-9-11-24(12-10-23)38(33,34)30(18-22-6-2-3-7-25(22)28)17-21-8-13-26-27(15-21)36-19-35-26/h2-3,6-13,15,20H,4-5,14,16-19H2,1H3/t20-/m1/s1. The molecule has 38 heavy (non-hydrogen) atoms. The van der Waals surface area contributed by atoms with Crippen LogP contribution in [0.5, 0.6) is 11.5 Å². The highest BCUT2D eigenvalue weighted by molar-refractivity contribution is 7.89. The van der Waals surface area contributed by atoms with E-state index in [0.717, 1.165) is 12.8 Å². The highest BCUT2D eigenvalue weighted by atomic mass is 32.2. The van der Waals surface area contributed by atoms with E-state index in [0.29, 0.717) is 30.2 Å². The van der Waals surface area contributed by atoms with Gasteiger partial charge in [0.2, 0.25) is 26.8 Å². The summed E-state index contributed by atoms with van der Waals surface area (Å²) in [5.41, 5.74) is 0.850. The highest BCUT2D eigenvalue weighted by Crippen LogP contribution is 2.34. The van der Waals surface area contributed by atoms with E-state index in [-0.39, 0.29) is 41.2 Å². The van der Waals surface area contributed by atoms with Crippen molar-refractivity contribution >= 4 is 20.0 Å². The maximum atomic E-state index is 14.5. The maximum absolute atomic E-state index is 14.5. The van der Waals surface area contributed by atoms with Gasteiger partial charge >= 0.3 is 0 Å². The number of fused-ring (bicyclic) bond motifs is 1. The van der Waals surface area contributed by atoms with Gasteiger partial charge in [-0.2, -0.15) is 8.61 Å². The Kier molecular flexibility index (Phi) is 7.45. The number of nitrogens with zero attached hydrogens (tertiary/aromatic N) is 2. The first kappa shape index (κ1) is 26.6. The molecule has 0 spiro atoms. The first-order valence-electron chi connectivity index (χ1n) is 12.4. The van der Waals surface area contributed by atoms with E-state index < -0.39 is 25.9 Å². The number of sulfonamides is 2. The van der Waals surface area contributed by atoms with E-state index in [9.17, 15) is 21.2 Å². The molecule has 0 aromatic heterocycles. The summed E-state index contributed by atoms with van der Waals surface area (Å²) in [6.45, 7) is 2.71. The molecular formula is C27H29FN2O6S2. The summed E-state index contributed by atoms with van der Waals surface area (Å²) < 4.78 is 81.7. The van der Waals surface area contributed by atoms with Crippen molar-refractivity contribution in [2.45, 2.75) is 42.6 Å². The molecule has 0 amide bonds. The zero-order valence-corrected chi connectivity index (χ0v) is 22.5. The minimum Gasteiger partial charge on any atom is -0.454 e. The van der Waals surface area contributed by atoms with Gasteiger partial charge in [-0.05, 0) is 66.8 Å². The zero-order valence-electron chi connectivity index (χ0n) is 20.9. The fourth-order valence-corrected chi connectivity index (χ4v) is 7.74. The molecule has 0 radical (unpaired) electrons. The second-order valence-electron chi connectivity index (χ2n) is 9.63. The normalized spacial score (nSPS) is 18.1. The van der Waals surface area contributed by atoms with Crippen molar-refractivity contribution < 1.29 is 30.7 Å². The van der Waals surface area contributed by atoms with Gasteiger partial charge in [-0.25, -0.2) is 21.2 Å². The summed E-state index contributed by atoms with van der Waals surface area (Å²) in [4.78, 5) is -0.0393. The summed E-state index contributed by atoms with van der Waals surface area (Å²) in [7, 11) is -7.87. The summed E-state index contributed by atoms with van der Waals surface area (Å²) in [6, 6.07) is 16.4. The van der Waals surface area contributed by atoms with Crippen molar-refractivity contribution in [3.05, 3.63) is 83.7 Å². The minimum absolute atomic E-state index is 0.0435. The van der Waals surface area contributed by atoms with Gasteiger partial charge in [0.15, 0.2) is 11.5 Å². The zero-order chi connectivity index (χ0) is 26.9. The third kappa shape index (κ3) is 5.42. The molecule has 5 rings (SSSR count). The molecular weight excluding hydrogens is 531 g/mol. The lowest BCUT2D eigenvalue weighted by atomic mass is 10.0. The van der Waals surface area contributed by atoms with Gasteiger partial charge in [0.1, 0.15) is 5.82 Å². The fourth-order valence-electron chi connectivity index (χ4n) is 4.73. The molecule has 202 valence electrons. The van der Waals surface area contributed by atoms with Crippen LogP contribution in [-0.4, -0.2) is 45.3 Å². The van der Waals surface area contributed by atoms with Crippen LogP contribution in [-0.2, 0) is 33.1 Å². The Morgan fingerprint density at radius 1 is 0.921 bits per heavy atom. The average molecular weight is 561 g/mol. The van der Waals surface area contributed by atoms with E-state index in [1.165, 1.54) is 51.1 Å². The van der Waals surface area contributed by atoms with E-state index in [2.05, 4.69) is 0 Å². The SMILES string of the molecule is C[C@@H]1CCCN(S(=O)(=O)c2ccc(S(=O)(=O)N(Cc3ccc4c(c3)OCO4)Cc3ccccc3F)cc2)C1. The quantitative estimate of drug-likeness (QED) is 0.406. The van der Waals surface area contributed by atoms with Crippen LogP contribution in [0.25, 0.3) is 0 Å². The lowest BCUT2D eigenvalue weighted by Gasteiger charge is -2.30. The van der Waals surface area contributed by atoms with Crippen molar-refractivity contribution in [3.8, 4) is 11.5 Å². The Hall–Kier alpha value is -2.99. The molecule has 3 aromatic rings. The molecule has 0 bridgehead atoms. The molecule has 2 aliphatic heterocycles. The van der Waals surface area contributed by atoms with Crippen LogP contribution in [0.1, 0.15) is 30.9 Å². The third-order valence-corrected chi connectivity index (χ3v) is 10.5. The molecule has 0 aliphatic carbocycles. The van der Waals surface area contributed by atoms with Gasteiger partial charge in [-0.15, -0.1) is 0 Å². The van der Waals surface area contributed by atoms with Crippen molar-refractivity contribution in [3.63, 3.8) is 0 Å². The second kappa shape index (κ2) is 10.6. The lowest BCUT2D eigenvalue weighted by Crippen LogP contribution is -2.39. The third-order valence-electron chi connectivity index (χ3n) is 6.82. The Bertz CT molecular complexity index is 1530. The molecule has 2 heterocycles. The van der Waals surface area contributed by atoms with Crippen LogP contribution in [0.4, 0.5) is 4.39 Å². The molecule has 1 saturated heterocycles. The molecule has 0 unspecified atom stereocenters. The molecule has 1 atom stereocenters. The lowest BCUT2D eigenvalue weighted by molar-refractivity contribution is 0.174. The Morgan fingerprint density at radius 2 is 1.63 bits per heavy atom. The molecule has 8 nitrogen and oxygen atoms in total. The number of hydrogen-bond acceptors (Lipinski definition) is 6. The summed E-state index contributed by atoms with van der Waals surface area (Å²) in [5.74, 6) is 0.821. The minimum atomic E-state index is -4.14. The Morgan fingerprint density at radius 3 is 2.37 bits per heavy atom. The average Bonchev–Trinajstić information content (AvgIpc) is 3.37. The van der Waals surface area contributed by atoms with Gasteiger partial charge in [-0.1, -0.05) is 31.2 Å².